The van der Waals surface area contributed by atoms with E-state index in [0.717, 1.165) is 41.0 Å². The molecule has 0 spiro atoms. The van der Waals surface area contributed by atoms with Crippen molar-refractivity contribution in [3.8, 4) is 0 Å². The van der Waals surface area contributed by atoms with Gasteiger partial charge in [-0.05, 0) is 68.4 Å². The number of carbonyl (C=O) groups is 2. The van der Waals surface area contributed by atoms with Crippen LogP contribution in [0.2, 0.25) is 0 Å². The highest BCUT2D eigenvalue weighted by Gasteiger charge is 2.25. The number of nitrogens with one attached hydrogen (secondary N) is 2. The molecule has 0 aromatic heterocycles. The van der Waals surface area contributed by atoms with Crippen LogP contribution in [0.25, 0.3) is 0 Å². The number of hydrogen-bond acceptors (Lipinski definition) is 8. The number of unbranched alkanes of at least 4 members (excludes halogenated alkanes) is 1. The molecule has 0 bridgehead atoms. The van der Waals surface area contributed by atoms with E-state index < -0.39 is 5.60 Å². The van der Waals surface area contributed by atoms with Crippen molar-refractivity contribution in [1.82, 2.24) is 15.6 Å². The molecule has 1 heterocycles. The number of thioether (sulfide) groups is 1. The van der Waals surface area contributed by atoms with Crippen LogP contribution < -0.4 is 22.1 Å². The number of amides is 2. The van der Waals surface area contributed by atoms with Gasteiger partial charge >= 0.3 is 0 Å². The van der Waals surface area contributed by atoms with Crippen LogP contribution in [0.3, 0.4) is 0 Å². The van der Waals surface area contributed by atoms with Gasteiger partial charge in [-0.25, -0.2) is 0 Å². The summed E-state index contributed by atoms with van der Waals surface area (Å²) < 4.78 is 0. The van der Waals surface area contributed by atoms with Crippen molar-refractivity contribution < 1.29 is 14.7 Å². The monoisotopic (exact) mass is 578 g/mol. The second-order valence-corrected chi connectivity index (χ2v) is 12.0. The van der Waals surface area contributed by atoms with Crippen LogP contribution in [0.4, 0.5) is 0 Å². The normalized spacial score (nSPS) is 16.0. The van der Waals surface area contributed by atoms with Gasteiger partial charge in [0.1, 0.15) is 5.82 Å². The molecular formula is C31H42N6O3S. The van der Waals surface area contributed by atoms with Gasteiger partial charge in [-0.15, -0.1) is 0 Å². The summed E-state index contributed by atoms with van der Waals surface area (Å²) in [6, 6.07) is 17.2. The number of hydrazone groups is 1. The molecule has 0 fully saturated rings. The van der Waals surface area contributed by atoms with E-state index in [9.17, 15) is 14.7 Å². The molecule has 0 radical (unpaired) electrons. The number of nitrogens with zero attached hydrogens (tertiary/aromatic N) is 2. The summed E-state index contributed by atoms with van der Waals surface area (Å²) in [5, 5.41) is 23.1. The smallest absolute Gasteiger partial charge is 0.229 e. The number of hydrogen-bond donors (Lipinski definition) is 5. The second kappa shape index (κ2) is 15.3. The summed E-state index contributed by atoms with van der Waals surface area (Å²) in [7, 11) is 1.85. The zero-order chi connectivity index (χ0) is 29.8. The highest BCUT2D eigenvalue weighted by Crippen LogP contribution is 2.26. The van der Waals surface area contributed by atoms with Crippen LogP contribution in [-0.4, -0.2) is 45.1 Å². The molecule has 1 atom stereocenters. The Morgan fingerprint density at radius 2 is 1.68 bits per heavy atom. The lowest BCUT2D eigenvalue weighted by Crippen LogP contribution is -2.40. The summed E-state index contributed by atoms with van der Waals surface area (Å²) >= 11 is 1.55. The van der Waals surface area contributed by atoms with Crippen LogP contribution in [0.15, 0.2) is 83.4 Å². The summed E-state index contributed by atoms with van der Waals surface area (Å²) in [6.45, 7) is 3.54. The topological polar surface area (TPSA) is 146 Å². The van der Waals surface area contributed by atoms with Gasteiger partial charge in [-0.1, -0.05) is 66.4 Å². The summed E-state index contributed by atoms with van der Waals surface area (Å²) in [5.41, 5.74) is 14.5. The molecule has 2 amide bonds. The van der Waals surface area contributed by atoms with Crippen LogP contribution in [0.1, 0.15) is 56.2 Å². The zero-order valence-corrected chi connectivity index (χ0v) is 24.9. The van der Waals surface area contributed by atoms with E-state index in [0.29, 0.717) is 18.5 Å². The lowest BCUT2D eigenvalue weighted by atomic mass is 9.97. The first kappa shape index (κ1) is 31.8. The fraction of sp³-hybridized carbons (Fsp3) is 0.387. The highest BCUT2D eigenvalue weighted by atomic mass is 32.2. The zero-order valence-electron chi connectivity index (χ0n) is 24.1. The number of aliphatic hydroxyl groups is 1. The minimum absolute atomic E-state index is 0.0762. The Balaban J connectivity index is 1.35. The minimum Gasteiger partial charge on any atom is -0.402 e. The lowest BCUT2D eigenvalue weighted by molar-refractivity contribution is -0.121. The predicted molar refractivity (Wildman–Crippen MR) is 166 cm³/mol. The van der Waals surface area contributed by atoms with Crippen molar-refractivity contribution in [2.24, 2.45) is 16.6 Å². The van der Waals surface area contributed by atoms with E-state index in [2.05, 4.69) is 15.7 Å². The molecule has 1 unspecified atom stereocenters. The molecule has 9 nitrogen and oxygen atoms in total. The predicted octanol–water partition coefficient (Wildman–Crippen LogP) is 3.50. The van der Waals surface area contributed by atoms with Gasteiger partial charge in [-0.3, -0.25) is 14.6 Å². The van der Waals surface area contributed by atoms with Crippen LogP contribution in [0, 0.1) is 0 Å². The Bertz CT molecular complexity index is 1270. The maximum atomic E-state index is 12.7. The Kier molecular flexibility index (Phi) is 11.9. The highest BCUT2D eigenvalue weighted by molar-refractivity contribution is 8.14. The fourth-order valence-electron chi connectivity index (χ4n) is 4.33. The van der Waals surface area contributed by atoms with Crippen molar-refractivity contribution in [3.05, 3.63) is 95.0 Å². The molecule has 3 rings (SSSR count). The summed E-state index contributed by atoms with van der Waals surface area (Å²) in [4.78, 5) is 24.8. The third kappa shape index (κ3) is 12.1. The van der Waals surface area contributed by atoms with E-state index in [4.69, 9.17) is 11.5 Å². The second-order valence-electron chi connectivity index (χ2n) is 10.9. The Labute approximate surface area is 247 Å². The first-order valence-electron chi connectivity index (χ1n) is 13.8. The first-order valence-corrected chi connectivity index (χ1v) is 14.7. The molecule has 0 aliphatic carbocycles. The molecule has 1 aliphatic heterocycles. The van der Waals surface area contributed by atoms with Gasteiger partial charge in [0.25, 0.3) is 0 Å². The van der Waals surface area contributed by atoms with Crippen LogP contribution in [-0.2, 0) is 28.9 Å². The van der Waals surface area contributed by atoms with Crippen molar-refractivity contribution in [2.45, 2.75) is 69.9 Å². The van der Waals surface area contributed by atoms with Crippen molar-refractivity contribution in [1.29, 1.82) is 0 Å². The van der Waals surface area contributed by atoms with Crippen molar-refractivity contribution in [2.75, 3.05) is 7.05 Å². The minimum atomic E-state index is -0.799. The van der Waals surface area contributed by atoms with Gasteiger partial charge < -0.3 is 27.2 Å². The molecule has 2 aromatic carbocycles. The molecule has 0 saturated heterocycles. The maximum Gasteiger partial charge on any atom is 0.229 e. The van der Waals surface area contributed by atoms with Crippen LogP contribution in [0.5, 0.6) is 0 Å². The van der Waals surface area contributed by atoms with E-state index in [-0.39, 0.29) is 36.0 Å². The number of allylic oxidation sites excluding steroid dienone is 3. The lowest BCUT2D eigenvalue weighted by Gasteiger charge is -2.19. The molecule has 7 N–H and O–H groups in total. The Morgan fingerprint density at radius 3 is 2.41 bits per heavy atom. The SMILES string of the molecule is CN1N=C(CCCC/C(N)=C/C=C(\N)NC(=O)Cc2ccccc2)SC1NC(=O)Cc1cccc(CC(C)(C)O)c1. The molecule has 41 heavy (non-hydrogen) atoms. The van der Waals surface area contributed by atoms with Gasteiger partial charge in [0.2, 0.25) is 11.8 Å². The third-order valence-electron chi connectivity index (χ3n) is 6.21. The first-order chi connectivity index (χ1) is 19.5. The maximum absolute atomic E-state index is 12.7. The molecular weight excluding hydrogens is 536 g/mol. The van der Waals surface area contributed by atoms with E-state index in [1.54, 1.807) is 42.8 Å². The average molecular weight is 579 g/mol. The van der Waals surface area contributed by atoms with Gasteiger partial charge in [-0.2, -0.15) is 5.10 Å². The summed E-state index contributed by atoms with van der Waals surface area (Å²) in [5.74, 6) is -0.00108. The van der Waals surface area contributed by atoms with E-state index in [1.165, 1.54) is 0 Å². The number of benzene rings is 2. The largest absolute Gasteiger partial charge is 0.402 e. The number of carbonyl (C=O) groups excluding carboxylic acids is 2. The third-order valence-corrected chi connectivity index (χ3v) is 7.41. The number of nitrogens with two attached hydrogens (primary N) is 2. The van der Waals surface area contributed by atoms with Gasteiger partial charge in [0.05, 0.1) is 23.5 Å². The van der Waals surface area contributed by atoms with Gasteiger partial charge in [0.15, 0.2) is 5.50 Å². The standard InChI is InChI=1S/C31H42N6O3S/c1-31(2,40)21-24-13-9-12-23(18-24)20-28(39)35-30-37(3)36-29(41-30)15-8-7-14-25(32)16-17-26(33)34-27(38)19-22-10-5-4-6-11-22/h4-6,9-13,16-18,30,40H,7-8,14-15,19-21,32-33H2,1-3H3,(H,34,38)(H,35,39)/b25-16-,26-17+. The molecule has 2 aromatic rings. The molecule has 220 valence electrons. The van der Waals surface area contributed by atoms with Gasteiger partial charge in [0, 0.05) is 19.2 Å². The van der Waals surface area contributed by atoms with E-state index in [1.807, 2.05) is 61.6 Å². The van der Waals surface area contributed by atoms with Crippen molar-refractivity contribution in [3.63, 3.8) is 0 Å². The average Bonchev–Trinajstić information content (AvgIpc) is 3.23. The van der Waals surface area contributed by atoms with Crippen LogP contribution >= 0.6 is 11.8 Å². The van der Waals surface area contributed by atoms with E-state index >= 15 is 0 Å². The quantitative estimate of drug-likeness (QED) is 0.170. The summed E-state index contributed by atoms with van der Waals surface area (Å²) in [6.07, 6.45) is 7.65. The van der Waals surface area contributed by atoms with Crippen molar-refractivity contribution >= 4 is 28.6 Å². The molecule has 0 saturated carbocycles. The molecule has 10 heteroatoms. The Morgan fingerprint density at radius 1 is 1.00 bits per heavy atom. The fourth-order valence-corrected chi connectivity index (χ4v) is 5.41. The molecule has 1 aliphatic rings. The Hall–Kier alpha value is -3.76. The number of rotatable bonds is 14.